The molecule has 0 aliphatic carbocycles. The predicted molar refractivity (Wildman–Crippen MR) is 74.8 cm³/mol. The Bertz CT molecular complexity index is 481. The summed E-state index contributed by atoms with van der Waals surface area (Å²) in [5.74, 6) is -0.406. The fourth-order valence-electron chi connectivity index (χ4n) is 1.33. The summed E-state index contributed by atoms with van der Waals surface area (Å²) in [6, 6.07) is 6.99. The van der Waals surface area contributed by atoms with E-state index in [9.17, 15) is 9.59 Å². The van der Waals surface area contributed by atoms with Gasteiger partial charge in [0.05, 0.1) is 6.61 Å². The highest BCUT2D eigenvalue weighted by Crippen LogP contribution is 2.17. The molecule has 0 aromatic heterocycles. The number of carbonyl (C=O) groups is 2. The molecule has 1 aromatic rings. The third kappa shape index (κ3) is 4.83. The molecule has 1 N–H and O–H groups in total. The van der Waals surface area contributed by atoms with Crippen LogP contribution < -0.4 is 5.32 Å². The minimum Gasteiger partial charge on any atom is -0.463 e. The van der Waals surface area contributed by atoms with E-state index >= 15 is 0 Å². The van der Waals surface area contributed by atoms with Crippen molar-refractivity contribution in [3.05, 3.63) is 35.9 Å². The molecule has 5 heteroatoms. The zero-order valence-corrected chi connectivity index (χ0v) is 11.3. The Morgan fingerprint density at radius 2 is 2.00 bits per heavy atom. The summed E-state index contributed by atoms with van der Waals surface area (Å²) in [7, 11) is 3.32. The molecule has 0 aliphatic rings. The number of carbonyl (C=O) groups excluding carboxylic acids is 2. The van der Waals surface area contributed by atoms with Crippen LogP contribution >= 0.6 is 0 Å². The van der Waals surface area contributed by atoms with Gasteiger partial charge in [0.1, 0.15) is 0 Å². The Balaban J connectivity index is 2.84. The topological polar surface area (TPSA) is 58.6 Å². The number of benzene rings is 1. The lowest BCUT2D eigenvalue weighted by molar-refractivity contribution is -0.137. The van der Waals surface area contributed by atoms with Crippen LogP contribution in [-0.2, 0) is 9.53 Å². The Morgan fingerprint density at radius 3 is 2.63 bits per heavy atom. The maximum absolute atomic E-state index is 11.6. The number of hydrogen-bond donors (Lipinski definition) is 1. The van der Waals surface area contributed by atoms with Crippen LogP contribution in [0.1, 0.15) is 12.5 Å². The number of anilines is 1. The van der Waals surface area contributed by atoms with E-state index in [1.54, 1.807) is 39.2 Å². The number of hydrogen-bond acceptors (Lipinski definition) is 3. The molecule has 102 valence electrons. The number of esters is 1. The van der Waals surface area contributed by atoms with Crippen LogP contribution in [0.2, 0.25) is 0 Å². The van der Waals surface area contributed by atoms with E-state index in [-0.39, 0.29) is 6.03 Å². The van der Waals surface area contributed by atoms with E-state index in [2.05, 4.69) is 5.32 Å². The molecule has 0 unspecified atom stereocenters. The summed E-state index contributed by atoms with van der Waals surface area (Å²) >= 11 is 0. The average molecular weight is 262 g/mol. The van der Waals surface area contributed by atoms with Crippen molar-refractivity contribution in [3.63, 3.8) is 0 Å². The molecule has 1 rings (SSSR count). The van der Waals surface area contributed by atoms with Crippen molar-refractivity contribution in [2.45, 2.75) is 6.92 Å². The lowest BCUT2D eigenvalue weighted by Crippen LogP contribution is -2.27. The van der Waals surface area contributed by atoms with Crippen LogP contribution in [-0.4, -0.2) is 37.6 Å². The third-order valence-electron chi connectivity index (χ3n) is 2.29. The van der Waals surface area contributed by atoms with Crippen molar-refractivity contribution < 1.29 is 14.3 Å². The molecule has 2 amide bonds. The number of nitrogens with zero attached hydrogens (tertiary/aromatic N) is 1. The van der Waals surface area contributed by atoms with Crippen molar-refractivity contribution in [3.8, 4) is 0 Å². The first kappa shape index (κ1) is 14.8. The molecule has 0 radical (unpaired) electrons. The fraction of sp³-hybridized carbons (Fsp3) is 0.286. The van der Waals surface area contributed by atoms with Gasteiger partial charge in [-0.05, 0) is 24.6 Å². The van der Waals surface area contributed by atoms with Gasteiger partial charge in [-0.25, -0.2) is 9.59 Å². The monoisotopic (exact) mass is 262 g/mol. The summed E-state index contributed by atoms with van der Waals surface area (Å²) in [6.07, 6.45) is 2.95. The summed E-state index contributed by atoms with van der Waals surface area (Å²) in [6.45, 7) is 2.08. The van der Waals surface area contributed by atoms with Crippen LogP contribution in [0.4, 0.5) is 10.5 Å². The zero-order valence-electron chi connectivity index (χ0n) is 11.3. The first-order chi connectivity index (χ1) is 9.04. The molecule has 0 saturated heterocycles. The molecular weight excluding hydrogens is 244 g/mol. The smallest absolute Gasteiger partial charge is 0.330 e. The molecule has 19 heavy (non-hydrogen) atoms. The molecule has 0 bridgehead atoms. The second kappa shape index (κ2) is 7.20. The Morgan fingerprint density at radius 1 is 1.32 bits per heavy atom. The minimum atomic E-state index is -0.406. The number of para-hydroxylation sites is 1. The highest BCUT2D eigenvalue weighted by Gasteiger charge is 2.06. The van der Waals surface area contributed by atoms with E-state index in [1.165, 1.54) is 11.0 Å². The van der Waals surface area contributed by atoms with Gasteiger partial charge in [-0.2, -0.15) is 0 Å². The molecule has 0 saturated carbocycles. The fourth-order valence-corrected chi connectivity index (χ4v) is 1.33. The quantitative estimate of drug-likeness (QED) is 0.669. The highest BCUT2D eigenvalue weighted by molar-refractivity contribution is 5.93. The second-order valence-corrected chi connectivity index (χ2v) is 4.00. The van der Waals surface area contributed by atoms with Gasteiger partial charge in [0.2, 0.25) is 0 Å². The van der Waals surface area contributed by atoms with E-state index in [0.717, 1.165) is 5.56 Å². The normalized spacial score (nSPS) is 10.3. The van der Waals surface area contributed by atoms with Gasteiger partial charge in [-0.3, -0.25) is 0 Å². The molecule has 0 fully saturated rings. The van der Waals surface area contributed by atoms with E-state index in [0.29, 0.717) is 12.3 Å². The number of urea groups is 1. The van der Waals surface area contributed by atoms with Crippen molar-refractivity contribution >= 4 is 23.8 Å². The maximum Gasteiger partial charge on any atom is 0.330 e. The highest BCUT2D eigenvalue weighted by atomic mass is 16.5. The first-order valence-corrected chi connectivity index (χ1v) is 5.96. The maximum atomic E-state index is 11.6. The number of ether oxygens (including phenoxy) is 1. The lowest BCUT2D eigenvalue weighted by atomic mass is 10.1. The Hall–Kier alpha value is -2.30. The number of rotatable bonds is 4. The summed E-state index contributed by atoms with van der Waals surface area (Å²) in [5, 5.41) is 2.75. The van der Waals surface area contributed by atoms with Crippen LogP contribution in [0.5, 0.6) is 0 Å². The Labute approximate surface area is 112 Å². The molecule has 1 aromatic carbocycles. The SMILES string of the molecule is CCOC(=O)C=Cc1ccccc1NC(=O)N(C)C. The largest absolute Gasteiger partial charge is 0.463 e. The van der Waals surface area contributed by atoms with Gasteiger partial charge in [-0.15, -0.1) is 0 Å². The predicted octanol–water partition coefficient (Wildman–Crippen LogP) is 2.36. The zero-order chi connectivity index (χ0) is 14.3. The summed E-state index contributed by atoms with van der Waals surface area (Å²) in [5.41, 5.74) is 1.38. The van der Waals surface area contributed by atoms with Gasteiger partial charge in [-0.1, -0.05) is 18.2 Å². The Kier molecular flexibility index (Phi) is 5.60. The average Bonchev–Trinajstić information content (AvgIpc) is 2.38. The van der Waals surface area contributed by atoms with Crippen LogP contribution in [0.15, 0.2) is 30.3 Å². The van der Waals surface area contributed by atoms with Gasteiger partial charge in [0, 0.05) is 25.9 Å². The molecule has 0 atom stereocenters. The molecule has 5 nitrogen and oxygen atoms in total. The molecular formula is C14H18N2O3. The van der Waals surface area contributed by atoms with E-state index < -0.39 is 5.97 Å². The van der Waals surface area contributed by atoms with Crippen molar-refractivity contribution in [1.29, 1.82) is 0 Å². The van der Waals surface area contributed by atoms with Crippen molar-refractivity contribution in [2.24, 2.45) is 0 Å². The second-order valence-electron chi connectivity index (χ2n) is 4.00. The summed E-state index contributed by atoms with van der Waals surface area (Å²) in [4.78, 5) is 24.3. The van der Waals surface area contributed by atoms with Crippen molar-refractivity contribution in [1.82, 2.24) is 4.90 Å². The van der Waals surface area contributed by atoms with Gasteiger partial charge >= 0.3 is 12.0 Å². The minimum absolute atomic E-state index is 0.225. The molecule has 0 aliphatic heterocycles. The van der Waals surface area contributed by atoms with Gasteiger partial charge in [0.25, 0.3) is 0 Å². The lowest BCUT2D eigenvalue weighted by Gasteiger charge is -2.13. The van der Waals surface area contributed by atoms with E-state index in [4.69, 9.17) is 4.74 Å². The molecule has 0 spiro atoms. The van der Waals surface area contributed by atoms with Crippen molar-refractivity contribution in [2.75, 3.05) is 26.0 Å². The van der Waals surface area contributed by atoms with Crippen LogP contribution in [0, 0.1) is 0 Å². The summed E-state index contributed by atoms with van der Waals surface area (Å²) < 4.78 is 4.80. The third-order valence-corrected chi connectivity index (χ3v) is 2.29. The standard InChI is InChI=1S/C14H18N2O3/c1-4-19-13(17)10-9-11-7-5-6-8-12(11)15-14(18)16(2)3/h5-10H,4H2,1-3H3,(H,15,18). The molecule has 0 heterocycles. The van der Waals surface area contributed by atoms with Crippen LogP contribution in [0.3, 0.4) is 0 Å². The number of nitrogens with one attached hydrogen (secondary N) is 1. The van der Waals surface area contributed by atoms with E-state index in [1.807, 2.05) is 12.1 Å². The first-order valence-electron chi connectivity index (χ1n) is 5.96. The van der Waals surface area contributed by atoms with Gasteiger partial charge < -0.3 is 15.0 Å². The number of amides is 2. The van der Waals surface area contributed by atoms with Gasteiger partial charge in [0.15, 0.2) is 0 Å². The van der Waals surface area contributed by atoms with Crippen LogP contribution in [0.25, 0.3) is 6.08 Å².